The first kappa shape index (κ1) is 15.1. The summed E-state index contributed by atoms with van der Waals surface area (Å²) in [4.78, 5) is 11.8. The summed E-state index contributed by atoms with van der Waals surface area (Å²) in [6.07, 6.45) is 0.483. The number of amides is 1. The predicted molar refractivity (Wildman–Crippen MR) is 87.1 cm³/mol. The molecule has 1 amide bonds. The quantitative estimate of drug-likeness (QED) is 0.498. The number of hydrogen-bond acceptors (Lipinski definition) is 5. The van der Waals surface area contributed by atoms with Crippen LogP contribution in [0.3, 0.4) is 0 Å². The lowest BCUT2D eigenvalue weighted by atomic mass is 10.2. The van der Waals surface area contributed by atoms with Gasteiger partial charge in [0.2, 0.25) is 11.0 Å². The monoisotopic (exact) mass is 359 g/mol. The summed E-state index contributed by atoms with van der Waals surface area (Å²) in [6.45, 7) is 0. The smallest absolute Gasteiger partial charge is 0.232 e. The van der Waals surface area contributed by atoms with Gasteiger partial charge in [-0.2, -0.15) is 0 Å². The van der Waals surface area contributed by atoms with Crippen molar-refractivity contribution in [2.24, 2.45) is 5.92 Å². The van der Waals surface area contributed by atoms with Crippen molar-refractivity contribution in [1.82, 2.24) is 10.2 Å². The van der Waals surface area contributed by atoms with Gasteiger partial charge in [0.25, 0.3) is 0 Å². The van der Waals surface area contributed by atoms with E-state index in [2.05, 4.69) is 27.6 Å². The number of carbonyl (C=O) groups is 1. The molecule has 4 nitrogen and oxygen atoms in total. The van der Waals surface area contributed by atoms with E-state index in [1.54, 1.807) is 11.8 Å². The van der Waals surface area contributed by atoms with Crippen molar-refractivity contribution in [2.75, 3.05) is 5.32 Å². The zero-order chi connectivity index (χ0) is 14.9. The Morgan fingerprint density at radius 2 is 2.10 bits per heavy atom. The Morgan fingerprint density at radius 3 is 2.76 bits per heavy atom. The van der Waals surface area contributed by atoms with Gasteiger partial charge in [-0.1, -0.05) is 53.4 Å². The number of anilines is 1. The highest BCUT2D eigenvalue weighted by atomic mass is 35.5. The predicted octanol–water partition coefficient (Wildman–Crippen LogP) is 3.96. The van der Waals surface area contributed by atoms with Crippen LogP contribution in [0.1, 0.15) is 12.0 Å². The first-order valence-corrected chi connectivity index (χ1v) is 8.79. The molecule has 1 atom stereocenters. The van der Waals surface area contributed by atoms with Crippen LogP contribution in [0, 0.1) is 5.92 Å². The van der Waals surface area contributed by atoms with Gasteiger partial charge in [0, 0.05) is 5.75 Å². The highest BCUT2D eigenvalue weighted by Gasteiger charge is 2.56. The molecule has 1 aliphatic rings. The fourth-order valence-corrected chi connectivity index (χ4v) is 3.95. The first-order valence-electron chi connectivity index (χ1n) is 6.23. The SMILES string of the molecule is O=C(Nc1nnc(SCc2ccccc2)s1)C1CC1(Cl)Cl. The van der Waals surface area contributed by atoms with Gasteiger partial charge in [0.05, 0.1) is 5.92 Å². The van der Waals surface area contributed by atoms with Crippen LogP contribution < -0.4 is 5.32 Å². The number of alkyl halides is 2. The fraction of sp³-hybridized carbons (Fsp3) is 0.308. The van der Waals surface area contributed by atoms with Gasteiger partial charge in [-0.15, -0.1) is 33.4 Å². The van der Waals surface area contributed by atoms with Crippen molar-refractivity contribution in [3.05, 3.63) is 35.9 Å². The molecule has 0 radical (unpaired) electrons. The van der Waals surface area contributed by atoms with Crippen LogP contribution in [0.2, 0.25) is 0 Å². The summed E-state index contributed by atoms with van der Waals surface area (Å²) in [5.41, 5.74) is 1.22. The molecule has 0 spiro atoms. The van der Waals surface area contributed by atoms with Crippen LogP contribution in [0.15, 0.2) is 34.7 Å². The summed E-state index contributed by atoms with van der Waals surface area (Å²) >= 11 is 14.7. The molecule has 0 bridgehead atoms. The Balaban J connectivity index is 1.53. The van der Waals surface area contributed by atoms with Crippen LogP contribution in [0.4, 0.5) is 5.13 Å². The van der Waals surface area contributed by atoms with E-state index in [0.717, 1.165) is 10.1 Å². The number of nitrogens with one attached hydrogen (secondary N) is 1. The van der Waals surface area contributed by atoms with Crippen molar-refractivity contribution < 1.29 is 4.79 Å². The van der Waals surface area contributed by atoms with E-state index in [-0.39, 0.29) is 11.8 Å². The lowest BCUT2D eigenvalue weighted by molar-refractivity contribution is -0.117. The van der Waals surface area contributed by atoms with Crippen LogP contribution in [0.5, 0.6) is 0 Å². The fourth-order valence-electron chi connectivity index (χ4n) is 1.73. The Labute approximate surface area is 140 Å². The molecule has 0 aliphatic heterocycles. The van der Waals surface area contributed by atoms with Crippen LogP contribution in [-0.2, 0) is 10.5 Å². The molecular formula is C13H11Cl2N3OS2. The number of aromatic nitrogens is 2. The molecule has 1 fully saturated rings. The van der Waals surface area contributed by atoms with Gasteiger partial charge >= 0.3 is 0 Å². The number of benzene rings is 1. The Bertz CT molecular complexity index is 648. The first-order chi connectivity index (χ1) is 10.0. The molecular weight excluding hydrogens is 349 g/mol. The van der Waals surface area contributed by atoms with Crippen LogP contribution >= 0.6 is 46.3 Å². The van der Waals surface area contributed by atoms with Gasteiger partial charge in [0.15, 0.2) is 4.34 Å². The van der Waals surface area contributed by atoms with Crippen molar-refractivity contribution in [3.63, 3.8) is 0 Å². The number of halogens is 2. The van der Waals surface area contributed by atoms with Gasteiger partial charge in [-0.25, -0.2) is 0 Å². The topological polar surface area (TPSA) is 54.9 Å². The molecule has 2 aromatic rings. The summed E-state index contributed by atoms with van der Waals surface area (Å²) in [7, 11) is 0. The number of thioether (sulfide) groups is 1. The molecule has 8 heteroatoms. The highest BCUT2D eigenvalue weighted by molar-refractivity contribution is 8.00. The van der Waals surface area contributed by atoms with E-state index in [1.165, 1.54) is 16.9 Å². The Hall–Kier alpha value is -0.820. The Kier molecular flexibility index (Phi) is 4.40. The molecule has 3 rings (SSSR count). The van der Waals surface area contributed by atoms with E-state index in [4.69, 9.17) is 23.2 Å². The summed E-state index contributed by atoms with van der Waals surface area (Å²) in [5.74, 6) is 0.263. The molecule has 1 aromatic heterocycles. The summed E-state index contributed by atoms with van der Waals surface area (Å²) in [5, 5.41) is 11.2. The molecule has 1 heterocycles. The zero-order valence-corrected chi connectivity index (χ0v) is 13.9. The number of hydrogen-bond donors (Lipinski definition) is 1. The van der Waals surface area contributed by atoms with E-state index in [9.17, 15) is 4.79 Å². The molecule has 110 valence electrons. The average Bonchev–Trinajstić information content (AvgIpc) is 2.91. The molecule has 0 saturated heterocycles. The van der Waals surface area contributed by atoms with Crippen molar-refractivity contribution in [2.45, 2.75) is 20.8 Å². The second-order valence-corrected chi connectivity index (χ2v) is 8.40. The molecule has 1 saturated carbocycles. The van der Waals surface area contributed by atoms with Crippen molar-refractivity contribution in [1.29, 1.82) is 0 Å². The summed E-state index contributed by atoms with van der Waals surface area (Å²) < 4.78 is -0.104. The van der Waals surface area contributed by atoms with E-state index < -0.39 is 4.33 Å². The second kappa shape index (κ2) is 6.12. The third-order valence-electron chi connectivity index (χ3n) is 2.98. The third-order valence-corrected chi connectivity index (χ3v) is 5.86. The minimum atomic E-state index is -0.917. The number of nitrogens with zero attached hydrogens (tertiary/aromatic N) is 2. The zero-order valence-electron chi connectivity index (χ0n) is 10.8. The molecule has 1 N–H and O–H groups in total. The highest BCUT2D eigenvalue weighted by Crippen LogP contribution is 2.53. The summed E-state index contributed by atoms with van der Waals surface area (Å²) in [6, 6.07) is 10.1. The second-order valence-electron chi connectivity index (χ2n) is 4.65. The van der Waals surface area contributed by atoms with Crippen molar-refractivity contribution >= 4 is 57.3 Å². The van der Waals surface area contributed by atoms with Gasteiger partial charge in [0.1, 0.15) is 4.33 Å². The molecule has 1 unspecified atom stereocenters. The maximum Gasteiger partial charge on any atom is 0.232 e. The van der Waals surface area contributed by atoms with Gasteiger partial charge in [-0.3, -0.25) is 4.79 Å². The number of rotatable bonds is 5. The lowest BCUT2D eigenvalue weighted by Crippen LogP contribution is -2.16. The average molecular weight is 360 g/mol. The van der Waals surface area contributed by atoms with Gasteiger partial charge < -0.3 is 5.32 Å². The third kappa shape index (κ3) is 3.88. The molecule has 1 aromatic carbocycles. The lowest BCUT2D eigenvalue weighted by Gasteiger charge is -1.99. The largest absolute Gasteiger partial charge is 0.300 e. The maximum atomic E-state index is 11.8. The van der Waals surface area contributed by atoms with Crippen molar-refractivity contribution in [3.8, 4) is 0 Å². The molecule has 21 heavy (non-hydrogen) atoms. The Morgan fingerprint density at radius 1 is 1.38 bits per heavy atom. The standard InChI is InChI=1S/C13H11Cl2N3OS2/c14-13(15)6-9(13)10(19)16-11-17-18-12(21-11)20-7-8-4-2-1-3-5-8/h1-5,9H,6-7H2,(H,16,17,19). The van der Waals surface area contributed by atoms with E-state index in [1.807, 2.05) is 18.2 Å². The van der Waals surface area contributed by atoms with Crippen LogP contribution in [0.25, 0.3) is 0 Å². The van der Waals surface area contributed by atoms with E-state index >= 15 is 0 Å². The number of carbonyl (C=O) groups excluding carboxylic acids is 1. The normalized spacial score (nSPS) is 19.2. The van der Waals surface area contributed by atoms with E-state index in [0.29, 0.717) is 11.6 Å². The minimum Gasteiger partial charge on any atom is -0.300 e. The maximum absolute atomic E-state index is 11.8. The van der Waals surface area contributed by atoms with Gasteiger partial charge in [-0.05, 0) is 12.0 Å². The van der Waals surface area contributed by atoms with Crippen LogP contribution in [-0.4, -0.2) is 20.4 Å². The minimum absolute atomic E-state index is 0.198. The molecule has 1 aliphatic carbocycles.